The van der Waals surface area contributed by atoms with Crippen molar-refractivity contribution >= 4 is 43.7 Å². The van der Waals surface area contributed by atoms with E-state index in [2.05, 4.69) is 70.0 Å². The summed E-state index contributed by atoms with van der Waals surface area (Å²) in [7, 11) is 0. The molecule has 0 saturated heterocycles. The standard InChI is InChI=1S/C23H13N2.C13H24O2.Ir/c1-2-7-16-13-21-19(12-15(16)6-1)18-9-5-8-17-14-22(25(21)23(17)18)20-10-3-4-11-24-20;1-5-10(6-2)12(14)9-13(15)11(7-3)8-4;/h1-13H;9-11,14H,5-8H2,1-4H3;/q-1;;/b;12-9-;. The summed E-state index contributed by atoms with van der Waals surface area (Å²) in [6.07, 6.45) is 6.74. The Kier molecular flexibility index (Phi) is 9.96. The molecule has 6 aromatic rings. The zero-order valence-electron chi connectivity index (χ0n) is 24.1. The van der Waals surface area contributed by atoms with E-state index >= 15 is 0 Å². The van der Waals surface area contributed by atoms with Gasteiger partial charge in [0, 0.05) is 55.4 Å². The zero-order valence-corrected chi connectivity index (χ0v) is 26.5. The van der Waals surface area contributed by atoms with Gasteiger partial charge in [-0.2, -0.15) is 0 Å². The molecule has 6 rings (SSSR count). The topological polar surface area (TPSA) is 54.6 Å². The molecular weight excluding hydrogens is 685 g/mol. The number of carbonyl (C=O) groups excluding carboxylic acids is 1. The minimum atomic E-state index is 0. The van der Waals surface area contributed by atoms with Crippen LogP contribution in [0.25, 0.3) is 49.4 Å². The summed E-state index contributed by atoms with van der Waals surface area (Å²) >= 11 is 0. The fraction of sp³-hybridized carbons (Fsp3) is 0.278. The molecule has 0 aliphatic carbocycles. The number of carbonyl (C=O) groups is 1. The average molecular weight is 722 g/mol. The van der Waals surface area contributed by atoms with Gasteiger partial charge in [-0.3, -0.25) is 4.79 Å². The van der Waals surface area contributed by atoms with Gasteiger partial charge in [0.15, 0.2) is 5.78 Å². The molecule has 3 aromatic heterocycles. The van der Waals surface area contributed by atoms with Gasteiger partial charge in [0.1, 0.15) is 0 Å². The first-order valence-corrected chi connectivity index (χ1v) is 14.5. The Morgan fingerprint density at radius 2 is 1.51 bits per heavy atom. The number of fused-ring (bicyclic) bond motifs is 4. The van der Waals surface area contributed by atoms with Crippen LogP contribution >= 0.6 is 0 Å². The first-order chi connectivity index (χ1) is 19.5. The Labute approximate surface area is 255 Å². The number of hydrogen-bond acceptors (Lipinski definition) is 3. The molecule has 3 aromatic carbocycles. The van der Waals surface area contributed by atoms with Crippen molar-refractivity contribution in [2.24, 2.45) is 11.8 Å². The van der Waals surface area contributed by atoms with E-state index in [0.717, 1.165) is 42.5 Å². The molecule has 0 atom stereocenters. The molecule has 213 valence electrons. The van der Waals surface area contributed by atoms with Crippen molar-refractivity contribution in [3.63, 3.8) is 0 Å². The van der Waals surface area contributed by atoms with E-state index in [9.17, 15) is 9.90 Å². The van der Waals surface area contributed by atoms with Crippen LogP contribution in [0.15, 0.2) is 90.8 Å². The van der Waals surface area contributed by atoms with Crippen LogP contribution < -0.4 is 0 Å². The van der Waals surface area contributed by atoms with E-state index in [4.69, 9.17) is 0 Å². The fourth-order valence-corrected chi connectivity index (χ4v) is 5.73. The number of nitrogens with zero attached hydrogens (tertiary/aromatic N) is 2. The van der Waals surface area contributed by atoms with Gasteiger partial charge >= 0.3 is 0 Å². The maximum atomic E-state index is 11.7. The molecule has 0 bridgehead atoms. The Morgan fingerprint density at radius 3 is 2.15 bits per heavy atom. The van der Waals surface area contributed by atoms with Crippen LogP contribution in [-0.2, 0) is 24.9 Å². The van der Waals surface area contributed by atoms with Gasteiger partial charge in [-0.25, -0.2) is 0 Å². The smallest absolute Gasteiger partial charge is 0.162 e. The molecule has 0 unspecified atom stereocenters. The quantitative estimate of drug-likeness (QED) is 0.0968. The molecule has 0 aliphatic rings. The van der Waals surface area contributed by atoms with Gasteiger partial charge in [0.2, 0.25) is 0 Å². The van der Waals surface area contributed by atoms with E-state index in [1.54, 1.807) is 0 Å². The molecule has 3 heterocycles. The normalized spacial score (nSPS) is 11.9. The number of para-hydroxylation sites is 1. The molecule has 41 heavy (non-hydrogen) atoms. The number of aliphatic hydroxyl groups is 1. The van der Waals surface area contributed by atoms with Crippen molar-refractivity contribution in [3.8, 4) is 11.4 Å². The van der Waals surface area contributed by atoms with Gasteiger partial charge in [0.25, 0.3) is 0 Å². The summed E-state index contributed by atoms with van der Waals surface area (Å²) < 4.78 is 2.31. The second kappa shape index (κ2) is 13.4. The third kappa shape index (κ3) is 5.93. The molecule has 0 spiro atoms. The van der Waals surface area contributed by atoms with Gasteiger partial charge in [-0.05, 0) is 76.6 Å². The van der Waals surface area contributed by atoms with Crippen LogP contribution in [0.4, 0.5) is 0 Å². The summed E-state index contributed by atoms with van der Waals surface area (Å²) in [5.74, 6) is 0.547. The number of allylic oxidation sites excluding steroid dienone is 2. The van der Waals surface area contributed by atoms with Crippen LogP contribution in [0.2, 0.25) is 0 Å². The van der Waals surface area contributed by atoms with E-state index in [1.165, 1.54) is 38.7 Å². The van der Waals surface area contributed by atoms with E-state index in [0.29, 0.717) is 0 Å². The van der Waals surface area contributed by atoms with Crippen molar-refractivity contribution in [1.29, 1.82) is 0 Å². The number of rotatable bonds is 8. The van der Waals surface area contributed by atoms with Gasteiger partial charge in [-0.1, -0.05) is 70.2 Å². The summed E-state index contributed by atoms with van der Waals surface area (Å²) in [6.45, 7) is 8.07. The largest absolute Gasteiger partial charge is 0.512 e. The minimum absolute atomic E-state index is 0. The molecule has 1 radical (unpaired) electrons. The first-order valence-electron chi connectivity index (χ1n) is 14.5. The molecule has 4 nitrogen and oxygen atoms in total. The Balaban J connectivity index is 0.000000212. The van der Waals surface area contributed by atoms with Crippen molar-refractivity contribution in [2.45, 2.75) is 53.4 Å². The molecule has 0 aliphatic heterocycles. The van der Waals surface area contributed by atoms with Crippen LogP contribution in [0.5, 0.6) is 0 Å². The zero-order chi connectivity index (χ0) is 28.2. The van der Waals surface area contributed by atoms with Crippen LogP contribution in [-0.4, -0.2) is 20.3 Å². The Bertz CT molecular complexity index is 1780. The average Bonchev–Trinajstić information content (AvgIpc) is 3.53. The maximum Gasteiger partial charge on any atom is 0.162 e. The summed E-state index contributed by atoms with van der Waals surface area (Å²) in [5.41, 5.74) is 4.42. The third-order valence-electron chi connectivity index (χ3n) is 8.12. The predicted molar refractivity (Wildman–Crippen MR) is 167 cm³/mol. The predicted octanol–water partition coefficient (Wildman–Crippen LogP) is 9.57. The SMILES string of the molecule is CCC(CC)C(=O)/C=C(\O)C(CC)CC.[Ir].[c-]1c(-c2ccccn2)n2c3cc4ccccc4cc3c3cccc1c32. The van der Waals surface area contributed by atoms with Gasteiger partial charge < -0.3 is 14.5 Å². The number of ketones is 1. The molecular formula is C36H37IrN2O2-. The Hall–Kier alpha value is -3.53. The number of pyridine rings is 1. The fourth-order valence-electron chi connectivity index (χ4n) is 5.73. The van der Waals surface area contributed by atoms with Crippen LogP contribution in [0, 0.1) is 17.9 Å². The van der Waals surface area contributed by atoms with Gasteiger partial charge in [0.05, 0.1) is 5.76 Å². The second-order valence-electron chi connectivity index (χ2n) is 10.4. The summed E-state index contributed by atoms with van der Waals surface area (Å²) in [4.78, 5) is 16.3. The van der Waals surface area contributed by atoms with Crippen molar-refractivity contribution < 1.29 is 30.0 Å². The van der Waals surface area contributed by atoms with Crippen molar-refractivity contribution in [2.75, 3.05) is 0 Å². The molecule has 0 fully saturated rings. The monoisotopic (exact) mass is 722 g/mol. The van der Waals surface area contributed by atoms with Gasteiger partial charge in [-0.15, -0.1) is 23.6 Å². The maximum absolute atomic E-state index is 11.7. The van der Waals surface area contributed by atoms with Crippen molar-refractivity contribution in [1.82, 2.24) is 9.38 Å². The number of aliphatic hydroxyl groups excluding tert-OH is 1. The molecule has 0 saturated carbocycles. The Morgan fingerprint density at radius 1 is 0.854 bits per heavy atom. The van der Waals surface area contributed by atoms with E-state index in [-0.39, 0.29) is 43.5 Å². The second-order valence-corrected chi connectivity index (χ2v) is 10.4. The number of aromatic nitrogens is 2. The van der Waals surface area contributed by atoms with E-state index < -0.39 is 0 Å². The molecule has 5 heteroatoms. The number of hydrogen-bond donors (Lipinski definition) is 1. The number of benzene rings is 3. The van der Waals surface area contributed by atoms with Crippen LogP contribution in [0.3, 0.4) is 0 Å². The summed E-state index contributed by atoms with van der Waals surface area (Å²) in [5, 5.41) is 16.0. The molecule has 1 N–H and O–H groups in total. The van der Waals surface area contributed by atoms with Crippen molar-refractivity contribution in [3.05, 3.63) is 96.9 Å². The summed E-state index contributed by atoms with van der Waals surface area (Å²) in [6, 6.07) is 29.2. The molecule has 0 amide bonds. The third-order valence-corrected chi connectivity index (χ3v) is 8.12. The first kappa shape index (κ1) is 30.4. The van der Waals surface area contributed by atoms with Crippen LogP contribution in [0.1, 0.15) is 53.4 Å². The van der Waals surface area contributed by atoms with E-state index in [1.807, 2.05) is 52.1 Å². The minimum Gasteiger partial charge on any atom is -0.512 e.